The van der Waals surface area contributed by atoms with Crippen LogP contribution in [-0.4, -0.2) is 85.1 Å². The monoisotopic (exact) mass is 759 g/mol. The predicted octanol–water partition coefficient (Wildman–Crippen LogP) is -0.0383. The lowest BCUT2D eigenvalue weighted by Gasteiger charge is -2.05. The van der Waals surface area contributed by atoms with E-state index < -0.39 is 23.6 Å². The number of guanidine groups is 1. The van der Waals surface area contributed by atoms with Crippen LogP contribution >= 0.6 is 0 Å². The molecule has 0 aliphatic carbocycles. The molecule has 21 nitrogen and oxygen atoms in total. The van der Waals surface area contributed by atoms with Crippen LogP contribution in [0.3, 0.4) is 0 Å². The van der Waals surface area contributed by atoms with Crippen LogP contribution in [-0.2, 0) is 37.8 Å². The van der Waals surface area contributed by atoms with E-state index in [9.17, 15) is 28.8 Å². The summed E-state index contributed by atoms with van der Waals surface area (Å²) in [4.78, 5) is 79.6. The van der Waals surface area contributed by atoms with Gasteiger partial charge in [-0.3, -0.25) is 34.2 Å². The molecule has 0 saturated heterocycles. The van der Waals surface area contributed by atoms with E-state index in [1.165, 1.54) is 30.5 Å². The summed E-state index contributed by atoms with van der Waals surface area (Å²) < 4.78 is 6.24. The summed E-state index contributed by atoms with van der Waals surface area (Å²) in [5, 5.41) is 23.5. The number of hydrogen-bond acceptors (Lipinski definition) is 8. The van der Waals surface area contributed by atoms with Crippen LogP contribution in [0.5, 0.6) is 0 Å². The Bertz CT molecular complexity index is 2150. The molecule has 4 heterocycles. The van der Waals surface area contributed by atoms with Gasteiger partial charge in [-0.1, -0.05) is 0 Å². The van der Waals surface area contributed by atoms with Gasteiger partial charge in [0.2, 0.25) is 11.8 Å². The fourth-order valence-corrected chi connectivity index (χ4v) is 5.25. The zero-order valence-electron chi connectivity index (χ0n) is 30.8. The van der Waals surface area contributed by atoms with E-state index in [-0.39, 0.29) is 72.9 Å². The molecular weight excluding hydrogens is 714 g/mol. The molecule has 55 heavy (non-hydrogen) atoms. The first kappa shape index (κ1) is 40.5. The number of carbonyl (C=O) groups excluding carboxylic acids is 6. The molecule has 0 atom stereocenters. The summed E-state index contributed by atoms with van der Waals surface area (Å²) in [7, 11) is 6.62. The van der Waals surface area contributed by atoms with Crippen molar-refractivity contribution in [2.75, 3.05) is 40.9 Å². The first-order valence-electron chi connectivity index (χ1n) is 16.8. The highest BCUT2D eigenvalue weighted by atomic mass is 16.2. The van der Waals surface area contributed by atoms with E-state index in [0.717, 1.165) is 0 Å². The number of rotatable bonds is 17. The van der Waals surface area contributed by atoms with Crippen molar-refractivity contribution in [1.29, 1.82) is 5.41 Å². The summed E-state index contributed by atoms with van der Waals surface area (Å²) in [5.74, 6) is -2.06. The molecule has 13 N–H and O–H groups in total. The van der Waals surface area contributed by atoms with Gasteiger partial charge in [0, 0.05) is 78.9 Å². The number of nitrogens with zero attached hydrogens (tertiary/aromatic N) is 5. The van der Waals surface area contributed by atoms with Crippen molar-refractivity contribution in [3.63, 3.8) is 0 Å². The number of aromatic nitrogens is 4. The van der Waals surface area contributed by atoms with Crippen LogP contribution in [0.4, 0.5) is 23.0 Å². The number of anilines is 4. The Morgan fingerprint density at radius 3 is 1.75 bits per heavy atom. The number of aliphatic imine (C=N–C) groups is 1. The normalized spacial score (nSPS) is 10.6. The van der Waals surface area contributed by atoms with Crippen LogP contribution in [0, 0.1) is 5.41 Å². The van der Waals surface area contributed by atoms with Gasteiger partial charge in [0.05, 0.1) is 28.3 Å². The molecule has 0 aliphatic heterocycles. The van der Waals surface area contributed by atoms with E-state index in [4.69, 9.17) is 22.6 Å². The molecule has 0 aromatic carbocycles. The third-order valence-corrected chi connectivity index (χ3v) is 8.01. The maximum absolute atomic E-state index is 13.0. The number of amides is 6. The number of carbonyl (C=O) groups is 6. The SMILES string of the molecule is Cn1cc(C(=O)Nc2cc(C(=O)NCCCC(=O)Nc3cc(C(=O)Nc4cc(C(=O)NCCC(=N)N)n(C)c4)n(C)c3)cn2C)cc1NC(=O)CN=C(N)N. The van der Waals surface area contributed by atoms with E-state index in [2.05, 4.69) is 36.9 Å². The summed E-state index contributed by atoms with van der Waals surface area (Å²) >= 11 is 0. The Morgan fingerprint density at radius 1 is 0.600 bits per heavy atom. The van der Waals surface area contributed by atoms with E-state index in [1.807, 2.05) is 0 Å². The number of hydrogen-bond donors (Lipinski definition) is 10. The van der Waals surface area contributed by atoms with E-state index in [1.54, 1.807) is 65.0 Å². The highest BCUT2D eigenvalue weighted by molar-refractivity contribution is 6.07. The largest absolute Gasteiger partial charge is 0.388 e. The topological polar surface area (TPSA) is 309 Å². The number of aryl methyl sites for hydroxylation is 4. The highest BCUT2D eigenvalue weighted by Crippen LogP contribution is 2.19. The molecule has 0 spiro atoms. The third-order valence-electron chi connectivity index (χ3n) is 8.01. The molecule has 21 heteroatoms. The maximum atomic E-state index is 13.0. The fourth-order valence-electron chi connectivity index (χ4n) is 5.25. The van der Waals surface area contributed by atoms with Gasteiger partial charge in [0.25, 0.3) is 23.6 Å². The van der Waals surface area contributed by atoms with Crippen LogP contribution in [0.1, 0.15) is 61.0 Å². The van der Waals surface area contributed by atoms with Crippen LogP contribution in [0.25, 0.3) is 0 Å². The molecule has 4 aromatic rings. The smallest absolute Gasteiger partial charge is 0.272 e. The van der Waals surface area contributed by atoms with Crippen molar-refractivity contribution in [2.24, 2.45) is 50.4 Å². The van der Waals surface area contributed by atoms with Crippen LogP contribution in [0.2, 0.25) is 0 Å². The summed E-state index contributed by atoms with van der Waals surface area (Å²) in [6.07, 6.45) is 6.88. The van der Waals surface area contributed by atoms with Crippen molar-refractivity contribution in [2.45, 2.75) is 19.3 Å². The van der Waals surface area contributed by atoms with Crippen LogP contribution in [0.15, 0.2) is 54.0 Å². The van der Waals surface area contributed by atoms with E-state index >= 15 is 0 Å². The maximum Gasteiger partial charge on any atom is 0.272 e. The highest BCUT2D eigenvalue weighted by Gasteiger charge is 2.19. The van der Waals surface area contributed by atoms with Crippen LogP contribution < -0.4 is 49.1 Å². The molecule has 292 valence electrons. The average Bonchev–Trinajstić information content (AvgIpc) is 3.87. The predicted molar refractivity (Wildman–Crippen MR) is 206 cm³/mol. The van der Waals surface area contributed by atoms with Crippen molar-refractivity contribution in [1.82, 2.24) is 28.9 Å². The van der Waals surface area contributed by atoms with Gasteiger partial charge in [-0.15, -0.1) is 0 Å². The Morgan fingerprint density at radius 2 is 1.15 bits per heavy atom. The zero-order valence-corrected chi connectivity index (χ0v) is 30.8. The Hall–Kier alpha value is -7.32. The molecule has 0 aliphatic rings. The molecule has 0 bridgehead atoms. The lowest BCUT2D eigenvalue weighted by Crippen LogP contribution is -2.28. The number of nitrogens with two attached hydrogens (primary N) is 3. The van der Waals surface area contributed by atoms with E-state index in [0.29, 0.717) is 35.1 Å². The molecule has 0 saturated carbocycles. The Kier molecular flexibility index (Phi) is 13.2. The van der Waals surface area contributed by atoms with Gasteiger partial charge in [-0.2, -0.15) is 0 Å². The summed E-state index contributed by atoms with van der Waals surface area (Å²) in [5.41, 5.74) is 17.7. The second-order valence-corrected chi connectivity index (χ2v) is 12.5. The first-order valence-corrected chi connectivity index (χ1v) is 16.8. The summed E-state index contributed by atoms with van der Waals surface area (Å²) in [6, 6.07) is 6.03. The fraction of sp³-hybridized carbons (Fsp3) is 0.294. The Balaban J connectivity index is 1.22. The molecule has 4 rings (SSSR count). The molecular formula is C34H45N15O6. The van der Waals surface area contributed by atoms with Gasteiger partial charge in [-0.25, -0.2) is 4.99 Å². The molecule has 6 amide bonds. The average molecular weight is 760 g/mol. The quantitative estimate of drug-likeness (QED) is 0.0392. The number of amidine groups is 1. The molecule has 0 unspecified atom stereocenters. The third kappa shape index (κ3) is 11.3. The van der Waals surface area contributed by atoms with Gasteiger partial charge < -0.3 is 67.4 Å². The second-order valence-electron chi connectivity index (χ2n) is 12.5. The van der Waals surface area contributed by atoms with Crippen molar-refractivity contribution in [3.05, 3.63) is 71.6 Å². The lowest BCUT2D eigenvalue weighted by atomic mass is 10.2. The Labute approximate surface area is 315 Å². The summed E-state index contributed by atoms with van der Waals surface area (Å²) in [6.45, 7) is 0.127. The minimum atomic E-state index is -0.472. The van der Waals surface area contributed by atoms with Crippen molar-refractivity contribution < 1.29 is 28.8 Å². The van der Waals surface area contributed by atoms with Gasteiger partial charge in [0.15, 0.2) is 5.96 Å². The van der Waals surface area contributed by atoms with Crippen molar-refractivity contribution in [3.8, 4) is 0 Å². The lowest BCUT2D eigenvalue weighted by molar-refractivity contribution is -0.116. The van der Waals surface area contributed by atoms with Gasteiger partial charge in [0.1, 0.15) is 29.6 Å². The number of nitrogens with one attached hydrogen (secondary N) is 7. The minimum absolute atomic E-state index is 0.0401. The standard InChI is InChI=1S/C34H45N15O6/c1-46-18-22(13-23(46)32(54)40-9-7-25(35)36)43-33(55)24-12-21(17-47(24)2)42-28(50)6-5-8-39-30(52)19-10-27(49(4)15-19)45-31(53)20-11-26(48(3)16-20)44-29(51)14-41-34(37)38/h10-13,15-18H,5-9,14H2,1-4H3,(H3,35,36)(H,39,52)(H,40,54)(H,42,50)(H,43,55)(H,44,51)(H,45,53)(H4,37,38,41). The second kappa shape index (κ2) is 17.9. The molecule has 0 fully saturated rings. The molecule has 0 radical (unpaired) electrons. The molecule has 4 aromatic heterocycles. The zero-order chi connectivity index (χ0) is 40.4. The van der Waals surface area contributed by atoms with Gasteiger partial charge in [-0.05, 0) is 30.7 Å². The van der Waals surface area contributed by atoms with Gasteiger partial charge >= 0.3 is 0 Å². The minimum Gasteiger partial charge on any atom is -0.388 e. The van der Waals surface area contributed by atoms with Crippen molar-refractivity contribution >= 4 is 70.2 Å². The first-order chi connectivity index (χ1) is 26.0.